The maximum Gasteiger partial charge on any atom is 0.318 e. The van der Waals surface area contributed by atoms with Crippen molar-refractivity contribution < 1.29 is 23.1 Å². The largest absolute Gasteiger partial charge is 0.480 e. The second kappa shape index (κ2) is 9.90. The molecule has 1 fully saturated rings. The summed E-state index contributed by atoms with van der Waals surface area (Å²) in [6.07, 6.45) is 4.94. The van der Waals surface area contributed by atoms with Crippen LogP contribution in [0.25, 0.3) is 5.57 Å². The highest BCUT2D eigenvalue weighted by Gasteiger charge is 2.66. The minimum Gasteiger partial charge on any atom is -0.480 e. The van der Waals surface area contributed by atoms with Gasteiger partial charge in [-0.1, -0.05) is 53.5 Å². The molecule has 35 heavy (non-hydrogen) atoms. The molecule has 2 atom stereocenters. The molecule has 2 aromatic carbocycles. The molecule has 184 valence electrons. The van der Waals surface area contributed by atoms with Crippen molar-refractivity contribution in [3.05, 3.63) is 86.8 Å². The summed E-state index contributed by atoms with van der Waals surface area (Å²) in [5.41, 5.74) is 1.15. The Morgan fingerprint density at radius 1 is 1.06 bits per heavy atom. The van der Waals surface area contributed by atoms with Gasteiger partial charge in [-0.2, -0.15) is 4.31 Å². The van der Waals surface area contributed by atoms with Crippen LogP contribution in [0, 0.1) is 0 Å². The average molecular weight is 534 g/mol. The summed E-state index contributed by atoms with van der Waals surface area (Å²) in [6.45, 7) is 0.513. The SMILES string of the molecule is CC(=O)C1(N(CC(=O)O)S(=O)(=O)C2=CC=C(c3ccc(Cl)cc3)CCC2)CC1c1cccc(Cl)c1. The lowest BCUT2D eigenvalue weighted by atomic mass is 10.0. The van der Waals surface area contributed by atoms with Gasteiger partial charge >= 0.3 is 5.97 Å². The summed E-state index contributed by atoms with van der Waals surface area (Å²) in [5.74, 6) is -2.18. The van der Waals surface area contributed by atoms with Crippen molar-refractivity contribution >= 4 is 50.6 Å². The summed E-state index contributed by atoms with van der Waals surface area (Å²) >= 11 is 12.1. The van der Waals surface area contributed by atoms with Crippen molar-refractivity contribution in [3.63, 3.8) is 0 Å². The Morgan fingerprint density at radius 2 is 1.77 bits per heavy atom. The first-order chi connectivity index (χ1) is 16.6. The van der Waals surface area contributed by atoms with E-state index in [2.05, 4.69) is 0 Å². The van der Waals surface area contributed by atoms with Crippen LogP contribution >= 0.6 is 23.2 Å². The quantitative estimate of drug-likeness (QED) is 0.471. The normalized spacial score (nSPS) is 22.2. The van der Waals surface area contributed by atoms with E-state index in [1.165, 1.54) is 13.0 Å². The first-order valence-electron chi connectivity index (χ1n) is 11.2. The number of hydrogen-bond acceptors (Lipinski definition) is 4. The van der Waals surface area contributed by atoms with Crippen molar-refractivity contribution in [2.75, 3.05) is 6.54 Å². The molecule has 0 heterocycles. The minimum absolute atomic E-state index is 0.0973. The summed E-state index contributed by atoms with van der Waals surface area (Å²) in [6, 6.07) is 14.2. The van der Waals surface area contributed by atoms with Crippen LogP contribution in [-0.2, 0) is 19.6 Å². The van der Waals surface area contributed by atoms with Crippen LogP contribution in [0.15, 0.2) is 65.6 Å². The number of hydrogen-bond donors (Lipinski definition) is 1. The summed E-state index contributed by atoms with van der Waals surface area (Å²) in [4.78, 5) is 24.8. The molecule has 0 bridgehead atoms. The second-order valence-electron chi connectivity index (χ2n) is 8.88. The Balaban J connectivity index is 1.73. The smallest absolute Gasteiger partial charge is 0.318 e. The highest BCUT2D eigenvalue weighted by molar-refractivity contribution is 7.93. The van der Waals surface area contributed by atoms with Crippen molar-refractivity contribution in [1.82, 2.24) is 4.31 Å². The predicted octanol–water partition coefficient (Wildman–Crippen LogP) is 5.68. The summed E-state index contributed by atoms with van der Waals surface area (Å²) in [5, 5.41) is 10.7. The molecule has 1 saturated carbocycles. The van der Waals surface area contributed by atoms with Crippen LogP contribution in [0.5, 0.6) is 0 Å². The maximum absolute atomic E-state index is 13.9. The molecular weight excluding hydrogens is 509 g/mol. The van der Waals surface area contributed by atoms with Gasteiger partial charge in [0.25, 0.3) is 0 Å². The van der Waals surface area contributed by atoms with Crippen LogP contribution in [0.2, 0.25) is 10.0 Å². The van der Waals surface area contributed by atoms with Crippen molar-refractivity contribution in [2.45, 2.75) is 44.1 Å². The van der Waals surface area contributed by atoms with Gasteiger partial charge in [-0.25, -0.2) is 8.42 Å². The molecule has 0 amide bonds. The Hall–Kier alpha value is -2.45. The number of aliphatic carboxylic acids is 1. The van der Waals surface area contributed by atoms with Gasteiger partial charge in [-0.3, -0.25) is 9.59 Å². The van der Waals surface area contributed by atoms with E-state index in [0.29, 0.717) is 28.5 Å². The molecule has 6 nitrogen and oxygen atoms in total. The fraction of sp³-hybridized carbons (Fsp3) is 0.308. The van der Waals surface area contributed by atoms with Gasteiger partial charge in [-0.15, -0.1) is 0 Å². The molecule has 0 saturated heterocycles. The van der Waals surface area contributed by atoms with Crippen molar-refractivity contribution in [1.29, 1.82) is 0 Å². The number of benzene rings is 2. The van der Waals surface area contributed by atoms with E-state index in [0.717, 1.165) is 15.4 Å². The Bertz CT molecular complexity index is 1330. The Kier molecular flexibility index (Phi) is 7.25. The van der Waals surface area contributed by atoms with E-state index in [1.54, 1.807) is 42.5 Å². The number of halogens is 2. The first kappa shape index (κ1) is 25.6. The molecule has 0 spiro atoms. The van der Waals surface area contributed by atoms with Gasteiger partial charge in [0.2, 0.25) is 10.0 Å². The second-order valence-corrected chi connectivity index (χ2v) is 11.7. The van der Waals surface area contributed by atoms with E-state index >= 15 is 0 Å². The predicted molar refractivity (Wildman–Crippen MR) is 137 cm³/mol. The zero-order valence-electron chi connectivity index (χ0n) is 19.1. The van der Waals surface area contributed by atoms with Crippen LogP contribution in [0.3, 0.4) is 0 Å². The van der Waals surface area contributed by atoms with E-state index in [-0.39, 0.29) is 23.5 Å². The number of carboxylic acid groups (broad SMARTS) is 1. The number of ketones is 1. The third-order valence-electron chi connectivity index (χ3n) is 6.69. The number of allylic oxidation sites excluding steroid dienone is 4. The summed E-state index contributed by atoms with van der Waals surface area (Å²) in [7, 11) is -4.25. The van der Waals surface area contributed by atoms with E-state index in [1.807, 2.05) is 12.1 Å². The zero-order chi connectivity index (χ0) is 25.4. The number of rotatable bonds is 8. The van der Waals surface area contributed by atoms with Gasteiger partial charge < -0.3 is 5.11 Å². The Labute approximate surface area is 214 Å². The number of nitrogens with zero attached hydrogens (tertiary/aromatic N) is 1. The van der Waals surface area contributed by atoms with Gasteiger partial charge in [0.1, 0.15) is 12.1 Å². The van der Waals surface area contributed by atoms with E-state index < -0.39 is 34.0 Å². The molecule has 0 aromatic heterocycles. The van der Waals surface area contributed by atoms with Crippen molar-refractivity contribution in [3.8, 4) is 0 Å². The average Bonchev–Trinajstić information content (AvgIpc) is 3.59. The number of sulfonamides is 1. The molecule has 2 aromatic rings. The van der Waals surface area contributed by atoms with Crippen LogP contribution in [-0.4, -0.2) is 41.7 Å². The summed E-state index contributed by atoms with van der Waals surface area (Å²) < 4.78 is 28.6. The zero-order valence-corrected chi connectivity index (χ0v) is 21.4. The molecule has 4 rings (SSSR count). The monoisotopic (exact) mass is 533 g/mol. The van der Waals surface area contributed by atoms with E-state index in [9.17, 15) is 23.1 Å². The molecule has 1 N–H and O–H groups in total. The van der Waals surface area contributed by atoms with Crippen LogP contribution in [0.1, 0.15) is 49.7 Å². The molecular formula is C26H25Cl2NO5S. The van der Waals surface area contributed by atoms with Crippen LogP contribution in [0.4, 0.5) is 0 Å². The van der Waals surface area contributed by atoms with Gasteiger partial charge in [0.05, 0.1) is 4.91 Å². The molecule has 2 unspecified atom stereocenters. The van der Waals surface area contributed by atoms with Gasteiger partial charge in [0, 0.05) is 16.0 Å². The maximum atomic E-state index is 13.9. The third-order valence-corrected chi connectivity index (χ3v) is 9.22. The fourth-order valence-electron chi connectivity index (χ4n) is 4.85. The molecule has 0 aliphatic heterocycles. The lowest BCUT2D eigenvalue weighted by Gasteiger charge is -2.30. The fourth-order valence-corrected chi connectivity index (χ4v) is 7.14. The highest BCUT2D eigenvalue weighted by atomic mass is 35.5. The first-order valence-corrected chi connectivity index (χ1v) is 13.4. The topological polar surface area (TPSA) is 91.8 Å². The molecule has 0 radical (unpaired) electrons. The highest BCUT2D eigenvalue weighted by Crippen LogP contribution is 2.58. The molecule has 2 aliphatic carbocycles. The van der Waals surface area contributed by atoms with Gasteiger partial charge in [-0.05, 0) is 79.6 Å². The number of carboxylic acids is 1. The third kappa shape index (κ3) is 5.09. The molecule has 2 aliphatic rings. The van der Waals surface area contributed by atoms with Crippen molar-refractivity contribution in [2.24, 2.45) is 0 Å². The van der Waals surface area contributed by atoms with Gasteiger partial charge in [0.15, 0.2) is 5.78 Å². The number of Topliss-reactive ketones (excluding diaryl/α,β-unsaturated/α-hetero) is 1. The number of carbonyl (C=O) groups is 2. The molecule has 9 heteroatoms. The Morgan fingerprint density at radius 3 is 2.40 bits per heavy atom. The number of carbonyl (C=O) groups excluding carboxylic acids is 1. The standard InChI is InChI=1S/C26H25Cl2NO5S/c1-17(30)26(15-24(26)20-5-2-6-22(28)14-20)29(16-25(31)32)35(33,34)23-7-3-4-18(10-13-23)19-8-11-21(27)12-9-19/h2,5-6,8-14,24H,3-4,7,15-16H2,1H3,(H,31,32). The lowest BCUT2D eigenvalue weighted by molar-refractivity contribution is -0.138. The van der Waals surface area contributed by atoms with Crippen LogP contribution < -0.4 is 0 Å². The lowest BCUT2D eigenvalue weighted by Crippen LogP contribution is -2.50. The van der Waals surface area contributed by atoms with E-state index in [4.69, 9.17) is 23.2 Å². The minimum atomic E-state index is -4.25.